The van der Waals surface area contributed by atoms with Gasteiger partial charge >= 0.3 is 5.97 Å². The van der Waals surface area contributed by atoms with Crippen LogP contribution < -0.4 is 10.1 Å². The van der Waals surface area contributed by atoms with Crippen LogP contribution in [0.15, 0.2) is 41.3 Å². The number of nitrogens with one attached hydrogen (secondary N) is 1. The maximum atomic E-state index is 13.5. The van der Waals surface area contributed by atoms with Crippen LogP contribution in [0.1, 0.15) is 102 Å². The maximum Gasteiger partial charge on any atom is 0.309 e. The van der Waals surface area contributed by atoms with Crippen molar-refractivity contribution in [2.75, 3.05) is 25.3 Å². The predicted molar refractivity (Wildman–Crippen MR) is 161 cm³/mol. The van der Waals surface area contributed by atoms with Crippen LogP contribution in [0, 0.1) is 0 Å². The quantitative estimate of drug-likeness (QED) is 0.182. The van der Waals surface area contributed by atoms with Crippen LogP contribution >= 0.6 is 0 Å². The number of hydrogen-bond acceptors (Lipinski definition) is 6. The molecule has 0 aromatic heterocycles. The average molecular weight is 574 g/mol. The van der Waals surface area contributed by atoms with E-state index in [2.05, 4.69) is 33.0 Å². The molecule has 2 aromatic rings. The van der Waals surface area contributed by atoms with Crippen molar-refractivity contribution >= 4 is 27.4 Å². The van der Waals surface area contributed by atoms with Gasteiger partial charge < -0.3 is 14.8 Å². The van der Waals surface area contributed by atoms with Crippen molar-refractivity contribution in [3.05, 3.63) is 53.1 Å². The van der Waals surface area contributed by atoms with Gasteiger partial charge in [0.1, 0.15) is 5.75 Å². The lowest BCUT2D eigenvalue weighted by atomic mass is 9.84. The first-order valence-electron chi connectivity index (χ1n) is 14.3. The third kappa shape index (κ3) is 9.65. The fourth-order valence-corrected chi connectivity index (χ4v) is 6.27. The topological polar surface area (TPSA) is 98.8 Å². The summed E-state index contributed by atoms with van der Waals surface area (Å²) in [6.45, 7) is 10.3. The van der Waals surface area contributed by atoms with Crippen LogP contribution in [-0.2, 0) is 36.0 Å². The number of ether oxygens (including phenoxy) is 2. The van der Waals surface area contributed by atoms with Crippen LogP contribution in [0.3, 0.4) is 0 Å². The summed E-state index contributed by atoms with van der Waals surface area (Å²) in [4.78, 5) is 25.6. The lowest BCUT2D eigenvalue weighted by molar-refractivity contribution is -0.139. The third-order valence-electron chi connectivity index (χ3n) is 7.10. The Kier molecular flexibility index (Phi) is 12.7. The monoisotopic (exact) mass is 573 g/mol. The number of anilines is 1. The molecule has 0 aliphatic carbocycles. The van der Waals surface area contributed by atoms with E-state index in [-0.39, 0.29) is 46.7 Å². The van der Waals surface area contributed by atoms with E-state index in [1.165, 1.54) is 14.2 Å². The van der Waals surface area contributed by atoms with Gasteiger partial charge in [-0.05, 0) is 59.1 Å². The Morgan fingerprint density at radius 1 is 0.950 bits per heavy atom. The molecule has 0 heterocycles. The Balaban J connectivity index is 2.39. The minimum absolute atomic E-state index is 0.0967. The third-order valence-corrected chi connectivity index (χ3v) is 8.90. The maximum absolute atomic E-state index is 13.5. The molecule has 8 heteroatoms. The molecular formula is C32H47NO6S. The number of esters is 1. The first kappa shape index (κ1) is 33.3. The van der Waals surface area contributed by atoms with Crippen molar-refractivity contribution in [2.45, 2.75) is 102 Å². The van der Waals surface area contributed by atoms with E-state index < -0.39 is 9.84 Å². The van der Waals surface area contributed by atoms with Crippen LogP contribution in [0.4, 0.5) is 5.69 Å². The van der Waals surface area contributed by atoms with E-state index in [0.29, 0.717) is 17.9 Å². The molecule has 0 radical (unpaired) electrons. The summed E-state index contributed by atoms with van der Waals surface area (Å²) < 4.78 is 36.1. The molecule has 0 saturated heterocycles. The second kappa shape index (κ2) is 15.2. The standard InChI is InChI=1S/C32H47NO6S/c1-8-10-12-13-24(26-16-15-25(22-29(26)38-6)40(36,37)18-11-9-2)21-30(34)33-28-19-23(20-31(35)39-7)14-17-27(28)32(3,4)5/h14-17,19,22,24H,8-13,18,20-21H2,1-7H3,(H,33,34). The number of carbonyl (C=O) groups is 2. The van der Waals surface area contributed by atoms with Crippen molar-refractivity contribution in [1.82, 2.24) is 0 Å². The summed E-state index contributed by atoms with van der Waals surface area (Å²) >= 11 is 0. The normalized spacial score (nSPS) is 12.6. The second-order valence-electron chi connectivity index (χ2n) is 11.4. The zero-order valence-corrected chi connectivity index (χ0v) is 26.1. The lowest BCUT2D eigenvalue weighted by Crippen LogP contribution is -2.21. The Morgan fingerprint density at radius 3 is 2.25 bits per heavy atom. The first-order valence-corrected chi connectivity index (χ1v) is 15.9. The molecule has 2 aromatic carbocycles. The van der Waals surface area contributed by atoms with Gasteiger partial charge in [-0.1, -0.05) is 78.5 Å². The number of carbonyl (C=O) groups excluding carboxylic acids is 2. The molecule has 0 aliphatic heterocycles. The van der Waals surface area contributed by atoms with Gasteiger partial charge in [-0.2, -0.15) is 0 Å². The summed E-state index contributed by atoms with van der Waals surface area (Å²) in [5, 5.41) is 3.11. The average Bonchev–Trinajstić information content (AvgIpc) is 2.90. The summed E-state index contributed by atoms with van der Waals surface area (Å²) in [6, 6.07) is 10.7. The van der Waals surface area contributed by atoms with Crippen LogP contribution in [0.2, 0.25) is 0 Å². The largest absolute Gasteiger partial charge is 0.496 e. The van der Waals surface area contributed by atoms with Crippen molar-refractivity contribution in [2.24, 2.45) is 0 Å². The van der Waals surface area contributed by atoms with E-state index in [1.807, 2.05) is 25.1 Å². The number of benzene rings is 2. The number of amides is 1. The molecule has 40 heavy (non-hydrogen) atoms. The van der Waals surface area contributed by atoms with Crippen molar-refractivity contribution in [3.63, 3.8) is 0 Å². The van der Waals surface area contributed by atoms with E-state index in [1.54, 1.807) is 18.2 Å². The van der Waals surface area contributed by atoms with Gasteiger partial charge in [0.05, 0.1) is 31.3 Å². The molecule has 1 unspecified atom stereocenters. The highest BCUT2D eigenvalue weighted by Gasteiger charge is 2.25. The van der Waals surface area contributed by atoms with Crippen molar-refractivity contribution < 1.29 is 27.5 Å². The van der Waals surface area contributed by atoms with Gasteiger partial charge in [-0.15, -0.1) is 0 Å². The van der Waals surface area contributed by atoms with E-state index in [4.69, 9.17) is 9.47 Å². The summed E-state index contributed by atoms with van der Waals surface area (Å²) in [7, 11) is -0.518. The Morgan fingerprint density at radius 2 is 1.65 bits per heavy atom. The van der Waals surface area contributed by atoms with Gasteiger partial charge in [0.2, 0.25) is 5.91 Å². The molecule has 0 saturated carbocycles. The Labute approximate surface area is 241 Å². The zero-order valence-electron chi connectivity index (χ0n) is 25.3. The van der Waals surface area contributed by atoms with Crippen LogP contribution in [-0.4, -0.2) is 40.3 Å². The van der Waals surface area contributed by atoms with Gasteiger partial charge in [-0.25, -0.2) is 8.42 Å². The molecule has 0 bridgehead atoms. The van der Waals surface area contributed by atoms with Crippen LogP contribution in [0.5, 0.6) is 5.75 Å². The number of unbranched alkanes of at least 4 members (excludes halogenated alkanes) is 3. The Bertz CT molecular complexity index is 1250. The lowest BCUT2D eigenvalue weighted by Gasteiger charge is -2.25. The molecule has 1 atom stereocenters. The molecule has 7 nitrogen and oxygen atoms in total. The van der Waals surface area contributed by atoms with Crippen LogP contribution in [0.25, 0.3) is 0 Å². The molecule has 0 fully saturated rings. The fourth-order valence-electron chi connectivity index (χ4n) is 4.81. The zero-order chi connectivity index (χ0) is 29.9. The van der Waals surface area contributed by atoms with E-state index in [9.17, 15) is 18.0 Å². The molecular weight excluding hydrogens is 526 g/mol. The highest BCUT2D eigenvalue weighted by Crippen LogP contribution is 2.36. The predicted octanol–water partition coefficient (Wildman–Crippen LogP) is 6.97. The number of sulfone groups is 1. The number of hydrogen-bond donors (Lipinski definition) is 1. The number of methoxy groups -OCH3 is 2. The van der Waals surface area contributed by atoms with E-state index in [0.717, 1.165) is 48.8 Å². The molecule has 2 rings (SSSR count). The molecule has 0 aliphatic rings. The first-order chi connectivity index (χ1) is 18.9. The van der Waals surface area contributed by atoms with Crippen molar-refractivity contribution in [3.8, 4) is 5.75 Å². The highest BCUT2D eigenvalue weighted by molar-refractivity contribution is 7.91. The van der Waals surface area contributed by atoms with Crippen molar-refractivity contribution in [1.29, 1.82) is 0 Å². The second-order valence-corrected chi connectivity index (χ2v) is 13.5. The fraction of sp³-hybridized carbons (Fsp3) is 0.562. The molecule has 0 spiro atoms. The minimum atomic E-state index is -3.41. The Hall–Kier alpha value is -2.87. The SMILES string of the molecule is CCCCCC(CC(=O)Nc1cc(CC(=O)OC)ccc1C(C)(C)C)c1ccc(S(=O)(=O)CCCC)cc1OC. The smallest absolute Gasteiger partial charge is 0.309 e. The number of rotatable bonds is 15. The summed E-state index contributed by atoms with van der Waals surface area (Å²) in [6.07, 6.45) is 5.53. The van der Waals surface area contributed by atoms with Gasteiger partial charge in [0, 0.05) is 12.1 Å². The highest BCUT2D eigenvalue weighted by atomic mass is 32.2. The summed E-state index contributed by atoms with van der Waals surface area (Å²) in [5.74, 6) is -0.0556. The van der Waals surface area contributed by atoms with Gasteiger partial charge in [0.25, 0.3) is 0 Å². The molecule has 222 valence electrons. The molecule has 1 amide bonds. The summed E-state index contributed by atoms with van der Waals surface area (Å²) in [5.41, 5.74) is 3.01. The van der Waals surface area contributed by atoms with Gasteiger partial charge in [0.15, 0.2) is 9.84 Å². The van der Waals surface area contributed by atoms with E-state index >= 15 is 0 Å². The molecule has 1 N–H and O–H groups in total. The minimum Gasteiger partial charge on any atom is -0.496 e. The van der Waals surface area contributed by atoms with Gasteiger partial charge in [-0.3, -0.25) is 9.59 Å².